The predicted octanol–water partition coefficient (Wildman–Crippen LogP) is 3.39. The number of methoxy groups -OCH3 is 1. The van der Waals surface area contributed by atoms with Crippen molar-refractivity contribution in [2.45, 2.75) is 50.7 Å². The van der Waals surface area contributed by atoms with Crippen LogP contribution in [0.2, 0.25) is 0 Å². The Balaban J connectivity index is 1.46. The van der Waals surface area contributed by atoms with Crippen molar-refractivity contribution in [3.63, 3.8) is 0 Å². The van der Waals surface area contributed by atoms with Gasteiger partial charge in [0.25, 0.3) is 0 Å². The topological polar surface area (TPSA) is 87.6 Å². The molecule has 1 aliphatic heterocycles. The van der Waals surface area contributed by atoms with Gasteiger partial charge < -0.3 is 20.1 Å². The molecule has 0 atom stereocenters. The SMILES string of the molecule is COC(=O)[C@H]1CC[C@H](Nc2ncc(F)c(-c3cccc(N4CCC(O)CC4)c3)n2)CC1. The Labute approximate surface area is 181 Å². The fourth-order valence-corrected chi connectivity index (χ4v) is 4.44. The van der Waals surface area contributed by atoms with E-state index in [0.29, 0.717) is 11.5 Å². The van der Waals surface area contributed by atoms with Crippen LogP contribution >= 0.6 is 0 Å². The van der Waals surface area contributed by atoms with Gasteiger partial charge in [0.2, 0.25) is 5.95 Å². The first-order valence-corrected chi connectivity index (χ1v) is 10.9. The summed E-state index contributed by atoms with van der Waals surface area (Å²) in [6.07, 6.45) is 5.56. The molecule has 2 aliphatic rings. The second-order valence-corrected chi connectivity index (χ2v) is 8.37. The highest BCUT2D eigenvalue weighted by molar-refractivity contribution is 5.72. The van der Waals surface area contributed by atoms with Gasteiger partial charge in [-0.25, -0.2) is 14.4 Å². The lowest BCUT2D eigenvalue weighted by Crippen LogP contribution is -2.35. The summed E-state index contributed by atoms with van der Waals surface area (Å²) in [4.78, 5) is 22.5. The number of aromatic nitrogens is 2. The summed E-state index contributed by atoms with van der Waals surface area (Å²) in [5.74, 6) is -0.274. The van der Waals surface area contributed by atoms with E-state index < -0.39 is 5.82 Å². The number of hydrogen-bond donors (Lipinski definition) is 2. The van der Waals surface area contributed by atoms with Crippen LogP contribution in [0.15, 0.2) is 30.5 Å². The number of carbonyl (C=O) groups is 1. The van der Waals surface area contributed by atoms with Crippen LogP contribution in [0, 0.1) is 11.7 Å². The molecule has 2 aromatic rings. The normalized spacial score (nSPS) is 22.2. The quantitative estimate of drug-likeness (QED) is 0.706. The monoisotopic (exact) mass is 428 g/mol. The van der Waals surface area contributed by atoms with Crippen molar-refractivity contribution in [3.05, 3.63) is 36.3 Å². The second-order valence-electron chi connectivity index (χ2n) is 8.37. The Morgan fingerprint density at radius 2 is 1.94 bits per heavy atom. The standard InChI is InChI=1S/C23H29FN4O3/c1-31-22(30)15-5-7-17(8-6-15)26-23-25-14-20(24)21(27-23)16-3-2-4-18(13-16)28-11-9-19(29)10-12-28/h2-4,13-15,17,19,29H,5-12H2,1H3,(H,25,26,27)/t15-,17-. The Kier molecular flexibility index (Phi) is 6.65. The van der Waals surface area contributed by atoms with Gasteiger partial charge in [0.05, 0.1) is 25.3 Å². The first-order chi connectivity index (χ1) is 15.0. The first-order valence-electron chi connectivity index (χ1n) is 10.9. The molecule has 0 amide bonds. The molecule has 2 fully saturated rings. The highest BCUT2D eigenvalue weighted by atomic mass is 19.1. The summed E-state index contributed by atoms with van der Waals surface area (Å²) in [7, 11) is 1.42. The maximum Gasteiger partial charge on any atom is 0.308 e. The maximum atomic E-state index is 14.6. The number of carbonyl (C=O) groups excluding carboxylic acids is 1. The summed E-state index contributed by atoms with van der Waals surface area (Å²) in [6.45, 7) is 1.55. The number of halogens is 1. The van der Waals surface area contributed by atoms with Gasteiger partial charge in [0.1, 0.15) is 5.69 Å². The van der Waals surface area contributed by atoms with Crippen molar-refractivity contribution < 1.29 is 19.0 Å². The molecule has 2 heterocycles. The number of ether oxygens (including phenoxy) is 1. The highest BCUT2D eigenvalue weighted by Gasteiger charge is 2.27. The van der Waals surface area contributed by atoms with Crippen molar-refractivity contribution in [1.82, 2.24) is 9.97 Å². The number of rotatable bonds is 5. The summed E-state index contributed by atoms with van der Waals surface area (Å²) in [6, 6.07) is 7.83. The molecule has 1 aromatic carbocycles. The molecule has 1 aromatic heterocycles. The number of esters is 1. The Morgan fingerprint density at radius 3 is 2.65 bits per heavy atom. The summed E-state index contributed by atoms with van der Waals surface area (Å²) in [5, 5.41) is 13.0. The fourth-order valence-electron chi connectivity index (χ4n) is 4.44. The zero-order valence-corrected chi connectivity index (χ0v) is 17.8. The van der Waals surface area contributed by atoms with Gasteiger partial charge in [0.15, 0.2) is 5.82 Å². The van der Waals surface area contributed by atoms with Crippen LogP contribution in [-0.4, -0.2) is 53.4 Å². The lowest BCUT2D eigenvalue weighted by atomic mass is 9.86. The third kappa shape index (κ3) is 5.12. The number of hydrogen-bond acceptors (Lipinski definition) is 7. The summed E-state index contributed by atoms with van der Waals surface area (Å²) >= 11 is 0. The molecular weight excluding hydrogens is 399 g/mol. The second kappa shape index (κ2) is 9.60. The van der Waals surface area contributed by atoms with Gasteiger partial charge in [-0.3, -0.25) is 4.79 Å². The number of aliphatic hydroxyl groups excluding tert-OH is 1. The van der Waals surface area contributed by atoms with Crippen LogP contribution in [0.5, 0.6) is 0 Å². The van der Waals surface area contributed by atoms with Crippen LogP contribution in [0.1, 0.15) is 38.5 Å². The third-order valence-electron chi connectivity index (χ3n) is 6.29. The molecule has 31 heavy (non-hydrogen) atoms. The Bertz CT molecular complexity index is 909. The minimum absolute atomic E-state index is 0.0496. The largest absolute Gasteiger partial charge is 0.469 e. The van der Waals surface area contributed by atoms with E-state index >= 15 is 0 Å². The highest BCUT2D eigenvalue weighted by Crippen LogP contribution is 2.29. The zero-order chi connectivity index (χ0) is 21.8. The van der Waals surface area contributed by atoms with E-state index in [2.05, 4.69) is 20.2 Å². The van der Waals surface area contributed by atoms with Gasteiger partial charge in [-0.15, -0.1) is 0 Å². The molecule has 0 bridgehead atoms. The molecule has 166 valence electrons. The molecular formula is C23H29FN4O3. The van der Waals surface area contributed by atoms with Gasteiger partial charge in [-0.05, 0) is 50.7 Å². The summed E-state index contributed by atoms with van der Waals surface area (Å²) < 4.78 is 19.4. The zero-order valence-electron chi connectivity index (χ0n) is 17.8. The average molecular weight is 429 g/mol. The van der Waals surface area contributed by atoms with Crippen molar-refractivity contribution in [1.29, 1.82) is 0 Å². The van der Waals surface area contributed by atoms with Crippen molar-refractivity contribution in [2.75, 3.05) is 30.4 Å². The number of piperidine rings is 1. The molecule has 1 saturated carbocycles. The maximum absolute atomic E-state index is 14.6. The van der Waals surface area contributed by atoms with Crippen molar-refractivity contribution in [3.8, 4) is 11.3 Å². The molecule has 0 unspecified atom stereocenters. The van der Waals surface area contributed by atoms with E-state index in [0.717, 1.165) is 57.3 Å². The van der Waals surface area contributed by atoms with Gasteiger partial charge in [-0.2, -0.15) is 0 Å². The van der Waals surface area contributed by atoms with E-state index in [9.17, 15) is 14.3 Å². The van der Waals surface area contributed by atoms with Crippen molar-refractivity contribution >= 4 is 17.6 Å². The third-order valence-corrected chi connectivity index (χ3v) is 6.29. The lowest BCUT2D eigenvalue weighted by Gasteiger charge is -2.31. The minimum Gasteiger partial charge on any atom is -0.469 e. The Hall–Kier alpha value is -2.74. The molecule has 7 nitrogen and oxygen atoms in total. The fraction of sp³-hybridized carbons (Fsp3) is 0.522. The molecule has 2 N–H and O–H groups in total. The smallest absolute Gasteiger partial charge is 0.308 e. The van der Waals surface area contributed by atoms with E-state index in [1.54, 1.807) is 0 Å². The van der Waals surface area contributed by atoms with E-state index in [4.69, 9.17) is 4.74 Å². The van der Waals surface area contributed by atoms with Crippen LogP contribution in [0.3, 0.4) is 0 Å². The lowest BCUT2D eigenvalue weighted by molar-refractivity contribution is -0.146. The first kappa shape index (κ1) is 21.5. The minimum atomic E-state index is -0.467. The predicted molar refractivity (Wildman–Crippen MR) is 116 cm³/mol. The molecule has 8 heteroatoms. The van der Waals surface area contributed by atoms with Gasteiger partial charge in [-0.1, -0.05) is 12.1 Å². The van der Waals surface area contributed by atoms with Crippen molar-refractivity contribution in [2.24, 2.45) is 5.92 Å². The average Bonchev–Trinajstić information content (AvgIpc) is 2.81. The number of aliphatic hydroxyl groups is 1. The molecule has 4 rings (SSSR count). The summed E-state index contributed by atoms with van der Waals surface area (Å²) in [5.41, 5.74) is 1.96. The van der Waals surface area contributed by atoms with Crippen LogP contribution in [0.25, 0.3) is 11.3 Å². The molecule has 1 aliphatic carbocycles. The molecule has 0 spiro atoms. The Morgan fingerprint density at radius 1 is 1.19 bits per heavy atom. The van der Waals surface area contributed by atoms with Crippen LogP contribution < -0.4 is 10.2 Å². The van der Waals surface area contributed by atoms with Gasteiger partial charge >= 0.3 is 5.97 Å². The van der Waals surface area contributed by atoms with E-state index in [-0.39, 0.29) is 29.7 Å². The van der Waals surface area contributed by atoms with Gasteiger partial charge in [0, 0.05) is 30.4 Å². The van der Waals surface area contributed by atoms with E-state index in [1.165, 1.54) is 13.3 Å². The molecule has 1 saturated heterocycles. The van der Waals surface area contributed by atoms with Crippen LogP contribution in [-0.2, 0) is 9.53 Å². The number of anilines is 2. The van der Waals surface area contributed by atoms with Crippen LogP contribution in [0.4, 0.5) is 16.0 Å². The number of nitrogens with one attached hydrogen (secondary N) is 1. The number of nitrogens with zero attached hydrogens (tertiary/aromatic N) is 3. The molecule has 0 radical (unpaired) electrons. The number of benzene rings is 1. The van der Waals surface area contributed by atoms with E-state index in [1.807, 2.05) is 24.3 Å².